The lowest BCUT2D eigenvalue weighted by molar-refractivity contribution is 0.0822. The Morgan fingerprint density at radius 2 is 1.69 bits per heavy atom. The third kappa shape index (κ3) is 4.96. The highest BCUT2D eigenvalue weighted by atomic mass is 79.9. The standard InChI is InChI=1S/C24H31BrN2O5/c1-6-18(15-27(25)24(28)19-8-7-9-20(29-2)23(19)32-5)26-11-10-16-12-21(30-3)22(31-4)13-17(16)14-26/h7-9,12-13,18H,6,10-11,14-15H2,1-5H3. The van der Waals surface area contributed by atoms with Crippen LogP contribution in [-0.4, -0.2) is 62.3 Å². The molecule has 0 fully saturated rings. The van der Waals surface area contributed by atoms with E-state index < -0.39 is 0 Å². The fourth-order valence-electron chi connectivity index (χ4n) is 4.17. The zero-order valence-electron chi connectivity index (χ0n) is 19.3. The van der Waals surface area contributed by atoms with Crippen LogP contribution in [0.4, 0.5) is 0 Å². The van der Waals surface area contributed by atoms with Crippen LogP contribution in [0.15, 0.2) is 30.3 Å². The van der Waals surface area contributed by atoms with Gasteiger partial charge in [-0.1, -0.05) is 13.0 Å². The number of benzene rings is 2. The van der Waals surface area contributed by atoms with Gasteiger partial charge in [-0.15, -0.1) is 0 Å². The number of halogens is 1. The fourth-order valence-corrected chi connectivity index (χ4v) is 4.70. The Bertz CT molecular complexity index is 952. The van der Waals surface area contributed by atoms with Crippen molar-refractivity contribution in [2.75, 3.05) is 41.5 Å². The zero-order chi connectivity index (χ0) is 23.3. The summed E-state index contributed by atoms with van der Waals surface area (Å²) in [4.78, 5) is 15.6. The van der Waals surface area contributed by atoms with Crippen LogP contribution in [-0.2, 0) is 13.0 Å². The first kappa shape index (κ1) is 24.2. The van der Waals surface area contributed by atoms with Crippen LogP contribution in [0.1, 0.15) is 34.8 Å². The first-order chi connectivity index (χ1) is 15.5. The number of nitrogens with zero attached hydrogens (tertiary/aromatic N) is 2. The summed E-state index contributed by atoms with van der Waals surface area (Å²) >= 11 is 3.50. The molecule has 1 aliphatic rings. The van der Waals surface area contributed by atoms with Crippen molar-refractivity contribution in [3.63, 3.8) is 0 Å². The van der Waals surface area contributed by atoms with Gasteiger partial charge in [-0.2, -0.15) is 0 Å². The van der Waals surface area contributed by atoms with Gasteiger partial charge in [-0.05, 0) is 48.2 Å². The van der Waals surface area contributed by atoms with Gasteiger partial charge in [0.25, 0.3) is 5.91 Å². The summed E-state index contributed by atoms with van der Waals surface area (Å²) in [6.45, 7) is 4.40. The molecule has 1 aliphatic heterocycles. The van der Waals surface area contributed by atoms with E-state index >= 15 is 0 Å². The Morgan fingerprint density at radius 3 is 2.28 bits per heavy atom. The second-order valence-electron chi connectivity index (χ2n) is 7.65. The lowest BCUT2D eigenvalue weighted by atomic mass is 9.97. The number of carbonyl (C=O) groups excluding carboxylic acids is 1. The molecule has 0 aromatic heterocycles. The number of hydrogen-bond acceptors (Lipinski definition) is 6. The number of methoxy groups -OCH3 is 4. The van der Waals surface area contributed by atoms with Crippen LogP contribution >= 0.6 is 16.1 Å². The first-order valence-corrected chi connectivity index (χ1v) is 11.3. The predicted octanol–water partition coefficient (Wildman–Crippen LogP) is 4.31. The van der Waals surface area contributed by atoms with Crippen molar-refractivity contribution in [2.24, 2.45) is 0 Å². The SMILES string of the molecule is CCC(CN(Br)C(=O)c1cccc(OC)c1OC)N1CCc2cc(OC)c(OC)cc2C1. The molecule has 1 atom stereocenters. The van der Waals surface area contributed by atoms with E-state index in [1.807, 2.05) is 0 Å². The van der Waals surface area contributed by atoms with Crippen LogP contribution in [0.3, 0.4) is 0 Å². The molecule has 1 amide bonds. The zero-order valence-corrected chi connectivity index (χ0v) is 20.9. The Balaban J connectivity index is 1.75. The van der Waals surface area contributed by atoms with Crippen molar-refractivity contribution in [3.05, 3.63) is 47.0 Å². The third-order valence-electron chi connectivity index (χ3n) is 5.96. The smallest absolute Gasteiger partial charge is 0.267 e. The summed E-state index contributed by atoms with van der Waals surface area (Å²) in [7, 11) is 6.41. The van der Waals surface area contributed by atoms with Gasteiger partial charge in [0.15, 0.2) is 23.0 Å². The molecule has 3 rings (SSSR count). The molecule has 2 aromatic rings. The van der Waals surface area contributed by atoms with Gasteiger partial charge < -0.3 is 18.9 Å². The van der Waals surface area contributed by atoms with Crippen molar-refractivity contribution in [3.8, 4) is 23.0 Å². The van der Waals surface area contributed by atoms with Gasteiger partial charge in [0.2, 0.25) is 0 Å². The lowest BCUT2D eigenvalue weighted by Crippen LogP contribution is -2.45. The van der Waals surface area contributed by atoms with Gasteiger partial charge in [0, 0.05) is 25.7 Å². The second-order valence-corrected chi connectivity index (χ2v) is 8.51. The lowest BCUT2D eigenvalue weighted by Gasteiger charge is -2.37. The Hall–Kier alpha value is -2.45. The van der Waals surface area contributed by atoms with Crippen LogP contribution in [0.25, 0.3) is 0 Å². The van der Waals surface area contributed by atoms with Gasteiger partial charge in [-0.25, -0.2) is 0 Å². The number of para-hydroxylation sites is 1. The minimum atomic E-state index is -0.164. The van der Waals surface area contributed by atoms with Crippen LogP contribution in [0, 0.1) is 0 Å². The molecule has 0 saturated carbocycles. The molecule has 0 aliphatic carbocycles. The molecular weight excluding hydrogens is 476 g/mol. The summed E-state index contributed by atoms with van der Waals surface area (Å²) in [6, 6.07) is 9.63. The molecule has 32 heavy (non-hydrogen) atoms. The van der Waals surface area contributed by atoms with Crippen molar-refractivity contribution < 1.29 is 23.7 Å². The van der Waals surface area contributed by atoms with Crippen LogP contribution in [0.5, 0.6) is 23.0 Å². The molecule has 7 nitrogen and oxygen atoms in total. The maximum absolute atomic E-state index is 13.2. The third-order valence-corrected chi connectivity index (χ3v) is 6.57. The largest absolute Gasteiger partial charge is 0.493 e. The molecule has 2 aromatic carbocycles. The summed E-state index contributed by atoms with van der Waals surface area (Å²) in [6.07, 6.45) is 1.83. The van der Waals surface area contributed by atoms with E-state index in [1.54, 1.807) is 43.5 Å². The number of ether oxygens (including phenoxy) is 4. The summed E-state index contributed by atoms with van der Waals surface area (Å²) in [5.74, 6) is 2.30. The maximum atomic E-state index is 13.2. The number of fused-ring (bicyclic) bond motifs is 1. The predicted molar refractivity (Wildman–Crippen MR) is 127 cm³/mol. The summed E-state index contributed by atoms with van der Waals surface area (Å²) in [5, 5.41) is 0. The highest BCUT2D eigenvalue weighted by Gasteiger charge is 2.28. The monoisotopic (exact) mass is 506 g/mol. The molecule has 0 N–H and O–H groups in total. The quantitative estimate of drug-likeness (QED) is 0.472. The van der Waals surface area contributed by atoms with Gasteiger partial charge in [0.05, 0.1) is 50.1 Å². The molecular formula is C24H31BrN2O5. The van der Waals surface area contributed by atoms with Crippen molar-refractivity contribution in [1.29, 1.82) is 0 Å². The highest BCUT2D eigenvalue weighted by Crippen LogP contribution is 2.35. The van der Waals surface area contributed by atoms with Gasteiger partial charge >= 0.3 is 0 Å². The van der Waals surface area contributed by atoms with E-state index in [9.17, 15) is 4.79 Å². The van der Waals surface area contributed by atoms with Crippen LogP contribution in [0.2, 0.25) is 0 Å². The van der Waals surface area contributed by atoms with Crippen LogP contribution < -0.4 is 18.9 Å². The molecule has 0 spiro atoms. The average Bonchev–Trinajstić information content (AvgIpc) is 2.84. The molecule has 8 heteroatoms. The number of amides is 1. The number of rotatable bonds is 9. The van der Waals surface area contributed by atoms with Crippen molar-refractivity contribution >= 4 is 22.1 Å². The summed E-state index contributed by atoms with van der Waals surface area (Å²) < 4.78 is 23.3. The number of carbonyl (C=O) groups is 1. The Morgan fingerprint density at radius 1 is 1.03 bits per heavy atom. The topological polar surface area (TPSA) is 60.5 Å². The van der Waals surface area contributed by atoms with E-state index in [0.29, 0.717) is 23.6 Å². The molecule has 1 heterocycles. The average molecular weight is 507 g/mol. The number of hydrogen-bond donors (Lipinski definition) is 0. The molecule has 174 valence electrons. The van der Waals surface area contributed by atoms with Gasteiger partial charge in [0.1, 0.15) is 0 Å². The van der Waals surface area contributed by atoms with E-state index in [0.717, 1.165) is 37.4 Å². The van der Waals surface area contributed by atoms with Gasteiger partial charge in [-0.3, -0.25) is 13.6 Å². The molecule has 0 bridgehead atoms. The van der Waals surface area contributed by atoms with E-state index in [4.69, 9.17) is 18.9 Å². The van der Waals surface area contributed by atoms with E-state index in [2.05, 4.69) is 40.1 Å². The maximum Gasteiger partial charge on any atom is 0.267 e. The summed E-state index contributed by atoms with van der Waals surface area (Å²) in [5.41, 5.74) is 2.97. The molecule has 1 unspecified atom stereocenters. The van der Waals surface area contributed by atoms with E-state index in [-0.39, 0.29) is 11.9 Å². The minimum absolute atomic E-state index is 0.164. The fraction of sp³-hybridized carbons (Fsp3) is 0.458. The molecule has 0 saturated heterocycles. The van der Waals surface area contributed by atoms with E-state index in [1.165, 1.54) is 18.2 Å². The Kier molecular flexibility index (Phi) is 8.26. The molecule has 0 radical (unpaired) electrons. The minimum Gasteiger partial charge on any atom is -0.493 e. The van der Waals surface area contributed by atoms with Crippen molar-refractivity contribution in [2.45, 2.75) is 32.4 Å². The first-order valence-electron chi connectivity index (χ1n) is 10.6. The second kappa shape index (κ2) is 10.9. The van der Waals surface area contributed by atoms with Crippen molar-refractivity contribution in [1.82, 2.24) is 8.83 Å². The Labute approximate surface area is 198 Å². The normalized spacial score (nSPS) is 14.3. The highest BCUT2D eigenvalue weighted by molar-refractivity contribution is 9.07.